The van der Waals surface area contributed by atoms with Gasteiger partial charge >= 0.3 is 0 Å². The van der Waals surface area contributed by atoms with E-state index in [2.05, 4.69) is 10.4 Å². The molecular formula is C11H13N5S. The van der Waals surface area contributed by atoms with Crippen molar-refractivity contribution in [3.63, 3.8) is 0 Å². The molecule has 88 valence electrons. The summed E-state index contributed by atoms with van der Waals surface area (Å²) in [6.07, 6.45) is 3.83. The third kappa shape index (κ3) is 2.22. The molecule has 2 heterocycles. The summed E-state index contributed by atoms with van der Waals surface area (Å²) in [5.74, 6) is 0. The fraction of sp³-hybridized carbons (Fsp3) is 0.182. The lowest BCUT2D eigenvalue weighted by Crippen LogP contribution is -1.94. The molecule has 1 aliphatic heterocycles. The first-order valence-corrected chi connectivity index (χ1v) is 6.16. The van der Waals surface area contributed by atoms with Gasteiger partial charge in [-0.15, -0.1) is 0 Å². The standard InChI is InChI=1S/C11H13N5S/c12-9-2-1-7(3-10(9)13)8-4-15-16(6-8)17-11-5-14-11/h1-4,6,11,14H,5,12-13H2. The summed E-state index contributed by atoms with van der Waals surface area (Å²) in [5, 5.41) is 8.01. The first-order valence-electron chi connectivity index (χ1n) is 5.33. The molecule has 1 atom stereocenters. The normalized spacial score (nSPS) is 18.2. The van der Waals surface area contributed by atoms with Crippen LogP contribution < -0.4 is 16.8 Å². The van der Waals surface area contributed by atoms with Gasteiger partial charge in [0, 0.05) is 18.3 Å². The lowest BCUT2D eigenvalue weighted by Gasteiger charge is -2.02. The Hall–Kier alpha value is -1.66. The predicted octanol–water partition coefficient (Wildman–Crippen LogP) is 1.14. The summed E-state index contributed by atoms with van der Waals surface area (Å²) in [7, 11) is 0. The molecule has 0 spiro atoms. The first-order chi connectivity index (χ1) is 8.22. The van der Waals surface area contributed by atoms with Crippen molar-refractivity contribution in [2.24, 2.45) is 0 Å². The van der Waals surface area contributed by atoms with Gasteiger partial charge in [-0.05, 0) is 29.6 Å². The van der Waals surface area contributed by atoms with Gasteiger partial charge in [-0.25, -0.2) is 4.09 Å². The van der Waals surface area contributed by atoms with E-state index in [4.69, 9.17) is 11.5 Å². The minimum Gasteiger partial charge on any atom is -0.397 e. The highest BCUT2D eigenvalue weighted by Gasteiger charge is 2.22. The van der Waals surface area contributed by atoms with E-state index in [1.807, 2.05) is 34.7 Å². The fourth-order valence-corrected chi connectivity index (χ4v) is 2.30. The maximum atomic E-state index is 5.79. The Labute approximate surface area is 103 Å². The number of rotatable bonds is 3. The third-order valence-electron chi connectivity index (χ3n) is 2.59. The molecule has 17 heavy (non-hydrogen) atoms. The zero-order chi connectivity index (χ0) is 11.8. The smallest absolute Gasteiger partial charge is 0.0881 e. The van der Waals surface area contributed by atoms with E-state index in [0.717, 1.165) is 17.7 Å². The number of hydrogen-bond acceptors (Lipinski definition) is 5. The molecule has 1 saturated heterocycles. The second-order valence-electron chi connectivity index (χ2n) is 3.98. The number of anilines is 2. The van der Waals surface area contributed by atoms with Crippen LogP contribution in [0.1, 0.15) is 0 Å². The molecule has 6 heteroatoms. The Morgan fingerprint density at radius 3 is 2.82 bits per heavy atom. The number of hydrogen-bond donors (Lipinski definition) is 3. The van der Waals surface area contributed by atoms with Crippen LogP contribution in [0.3, 0.4) is 0 Å². The molecule has 0 amide bonds. The quantitative estimate of drug-likeness (QED) is 0.559. The molecule has 1 unspecified atom stereocenters. The monoisotopic (exact) mass is 247 g/mol. The summed E-state index contributed by atoms with van der Waals surface area (Å²) >= 11 is 1.67. The summed E-state index contributed by atoms with van der Waals surface area (Å²) in [6, 6.07) is 5.64. The van der Waals surface area contributed by atoms with Crippen LogP contribution in [-0.2, 0) is 0 Å². The average molecular weight is 247 g/mol. The molecule has 1 aliphatic rings. The van der Waals surface area contributed by atoms with E-state index in [-0.39, 0.29) is 0 Å². The van der Waals surface area contributed by atoms with Crippen LogP contribution in [0.5, 0.6) is 0 Å². The van der Waals surface area contributed by atoms with Crippen molar-refractivity contribution >= 4 is 23.3 Å². The van der Waals surface area contributed by atoms with Crippen molar-refractivity contribution in [2.45, 2.75) is 5.37 Å². The van der Waals surface area contributed by atoms with Crippen molar-refractivity contribution in [1.29, 1.82) is 0 Å². The largest absolute Gasteiger partial charge is 0.397 e. The molecule has 0 bridgehead atoms. The highest BCUT2D eigenvalue weighted by molar-refractivity contribution is 7.98. The van der Waals surface area contributed by atoms with E-state index in [0.29, 0.717) is 16.7 Å². The maximum absolute atomic E-state index is 5.79. The first kappa shape index (κ1) is 10.5. The van der Waals surface area contributed by atoms with Gasteiger partial charge in [-0.2, -0.15) is 5.10 Å². The maximum Gasteiger partial charge on any atom is 0.0881 e. The van der Waals surface area contributed by atoms with Gasteiger partial charge in [0.15, 0.2) is 0 Å². The number of benzene rings is 1. The lowest BCUT2D eigenvalue weighted by atomic mass is 10.1. The Bertz CT molecular complexity index is 547. The molecule has 3 rings (SSSR count). The summed E-state index contributed by atoms with van der Waals surface area (Å²) in [5.41, 5.74) is 14.8. The highest BCUT2D eigenvalue weighted by Crippen LogP contribution is 2.26. The second kappa shape index (κ2) is 3.97. The minimum absolute atomic E-state index is 0.499. The van der Waals surface area contributed by atoms with Crippen LogP contribution in [-0.4, -0.2) is 21.1 Å². The van der Waals surface area contributed by atoms with E-state index in [9.17, 15) is 0 Å². The van der Waals surface area contributed by atoms with Crippen molar-refractivity contribution in [3.05, 3.63) is 30.6 Å². The van der Waals surface area contributed by atoms with E-state index < -0.39 is 0 Å². The van der Waals surface area contributed by atoms with Crippen LogP contribution >= 0.6 is 11.9 Å². The van der Waals surface area contributed by atoms with Crippen LogP contribution in [0.4, 0.5) is 11.4 Å². The van der Waals surface area contributed by atoms with Gasteiger partial charge < -0.3 is 16.8 Å². The fourth-order valence-electron chi connectivity index (χ4n) is 1.52. The van der Waals surface area contributed by atoms with Crippen LogP contribution in [0, 0.1) is 0 Å². The topological polar surface area (TPSA) is 91.8 Å². The molecule has 0 radical (unpaired) electrons. The van der Waals surface area contributed by atoms with Crippen LogP contribution in [0.25, 0.3) is 11.1 Å². The number of nitrogens with two attached hydrogens (primary N) is 2. The lowest BCUT2D eigenvalue weighted by molar-refractivity contribution is 1.00. The Kier molecular flexibility index (Phi) is 2.45. The number of nitrogens with one attached hydrogen (secondary N) is 1. The highest BCUT2D eigenvalue weighted by atomic mass is 32.2. The molecule has 1 fully saturated rings. The molecular weight excluding hydrogens is 234 g/mol. The van der Waals surface area contributed by atoms with Gasteiger partial charge in [-0.3, -0.25) is 0 Å². The number of nitrogen functional groups attached to an aromatic ring is 2. The van der Waals surface area contributed by atoms with E-state index >= 15 is 0 Å². The second-order valence-corrected chi connectivity index (χ2v) is 5.13. The zero-order valence-electron chi connectivity index (χ0n) is 9.13. The minimum atomic E-state index is 0.499. The summed E-state index contributed by atoms with van der Waals surface area (Å²) in [4.78, 5) is 0. The third-order valence-corrected chi connectivity index (χ3v) is 3.59. The molecule has 0 aliphatic carbocycles. The summed E-state index contributed by atoms with van der Waals surface area (Å²) in [6.45, 7) is 1.05. The molecule has 5 nitrogen and oxygen atoms in total. The Morgan fingerprint density at radius 2 is 2.12 bits per heavy atom. The van der Waals surface area contributed by atoms with Gasteiger partial charge in [0.2, 0.25) is 0 Å². The summed E-state index contributed by atoms with van der Waals surface area (Å²) < 4.78 is 1.87. The van der Waals surface area contributed by atoms with Gasteiger partial charge in [0.1, 0.15) is 0 Å². The Balaban J connectivity index is 1.86. The van der Waals surface area contributed by atoms with Crippen molar-refractivity contribution in [3.8, 4) is 11.1 Å². The molecule has 1 aromatic carbocycles. The van der Waals surface area contributed by atoms with Crippen LogP contribution in [0.15, 0.2) is 30.6 Å². The van der Waals surface area contributed by atoms with Crippen LogP contribution in [0.2, 0.25) is 0 Å². The molecule has 5 N–H and O–H groups in total. The van der Waals surface area contributed by atoms with Gasteiger partial charge in [-0.1, -0.05) is 6.07 Å². The van der Waals surface area contributed by atoms with Crippen molar-refractivity contribution < 1.29 is 0 Å². The van der Waals surface area contributed by atoms with Gasteiger partial charge in [0.05, 0.1) is 22.9 Å². The number of nitrogens with zero attached hydrogens (tertiary/aromatic N) is 2. The molecule has 1 aromatic heterocycles. The zero-order valence-corrected chi connectivity index (χ0v) is 9.95. The molecule has 0 saturated carbocycles. The predicted molar refractivity (Wildman–Crippen MR) is 71.3 cm³/mol. The van der Waals surface area contributed by atoms with Crippen molar-refractivity contribution in [2.75, 3.05) is 18.0 Å². The Morgan fingerprint density at radius 1 is 1.29 bits per heavy atom. The van der Waals surface area contributed by atoms with E-state index in [1.54, 1.807) is 11.9 Å². The number of aromatic nitrogens is 2. The molecule has 2 aromatic rings. The van der Waals surface area contributed by atoms with Crippen molar-refractivity contribution in [1.82, 2.24) is 14.5 Å². The van der Waals surface area contributed by atoms with E-state index in [1.165, 1.54) is 0 Å². The van der Waals surface area contributed by atoms with Gasteiger partial charge in [0.25, 0.3) is 0 Å². The SMILES string of the molecule is Nc1ccc(-c2cnn(SC3CN3)c2)cc1N. The average Bonchev–Trinajstić information content (AvgIpc) is 2.99.